The van der Waals surface area contributed by atoms with Crippen LogP contribution in [-0.4, -0.2) is 66.6 Å². The second-order valence-corrected chi connectivity index (χ2v) is 9.85. The molecule has 1 atom stereocenters. The van der Waals surface area contributed by atoms with Gasteiger partial charge in [0.2, 0.25) is 0 Å². The molecule has 29 heavy (non-hydrogen) atoms. The molecule has 5 nitrogen and oxygen atoms in total. The van der Waals surface area contributed by atoms with Gasteiger partial charge >= 0.3 is 0 Å². The van der Waals surface area contributed by atoms with Crippen molar-refractivity contribution in [2.75, 3.05) is 45.9 Å². The third-order valence-electron chi connectivity index (χ3n) is 6.92. The molecule has 3 fully saturated rings. The maximum Gasteiger partial charge on any atom is 0.264 e. The molecular formula is C23H31N3O2S. The van der Waals surface area contributed by atoms with Gasteiger partial charge in [0.15, 0.2) is 0 Å². The third-order valence-corrected chi connectivity index (χ3v) is 8.04. The van der Waals surface area contributed by atoms with Gasteiger partial charge in [-0.2, -0.15) is 0 Å². The molecule has 0 unspecified atom stereocenters. The van der Waals surface area contributed by atoms with E-state index in [0.717, 1.165) is 35.1 Å². The molecule has 1 amide bonds. The lowest BCUT2D eigenvalue weighted by molar-refractivity contribution is 0.0305. The number of carbonyl (C=O) groups is 1. The lowest BCUT2D eigenvalue weighted by Gasteiger charge is -2.28. The van der Waals surface area contributed by atoms with E-state index in [1.54, 1.807) is 11.3 Å². The second-order valence-electron chi connectivity index (χ2n) is 8.85. The number of aromatic nitrogens is 1. The van der Waals surface area contributed by atoms with Gasteiger partial charge in [-0.05, 0) is 43.4 Å². The number of carbonyl (C=O) groups excluding carboxylic acids is 1. The van der Waals surface area contributed by atoms with Crippen molar-refractivity contribution >= 4 is 27.5 Å². The maximum absolute atomic E-state index is 13.4. The minimum atomic E-state index is 0.178. The number of ether oxygens (including phenoxy) is 1. The molecule has 3 aliphatic rings. The fourth-order valence-corrected chi connectivity index (χ4v) is 6.59. The lowest BCUT2D eigenvalue weighted by Crippen LogP contribution is -2.40. The fourth-order valence-electron chi connectivity index (χ4n) is 5.39. The SMILES string of the molecule is O=C(c1sc2ncccc2c1[C@H]1CCN(CC2CCCCC2)C1)N1CCOCC1. The van der Waals surface area contributed by atoms with E-state index in [9.17, 15) is 4.79 Å². The zero-order valence-electron chi connectivity index (χ0n) is 17.1. The number of hydrogen-bond donors (Lipinski definition) is 0. The van der Waals surface area contributed by atoms with Crippen molar-refractivity contribution in [1.82, 2.24) is 14.8 Å². The third kappa shape index (κ3) is 4.07. The molecule has 156 valence electrons. The Hall–Kier alpha value is -1.50. The smallest absolute Gasteiger partial charge is 0.264 e. The zero-order chi connectivity index (χ0) is 19.6. The quantitative estimate of drug-likeness (QED) is 0.756. The van der Waals surface area contributed by atoms with Crippen LogP contribution in [0.15, 0.2) is 18.3 Å². The molecule has 0 spiro atoms. The number of pyridine rings is 1. The highest BCUT2D eigenvalue weighted by Crippen LogP contribution is 2.40. The first-order valence-corrected chi connectivity index (χ1v) is 12.1. The highest BCUT2D eigenvalue weighted by atomic mass is 32.1. The number of fused-ring (bicyclic) bond motifs is 1. The van der Waals surface area contributed by atoms with Crippen LogP contribution >= 0.6 is 11.3 Å². The summed E-state index contributed by atoms with van der Waals surface area (Å²) in [4.78, 5) is 24.5. The first-order chi connectivity index (χ1) is 14.3. The molecule has 6 heteroatoms. The Labute approximate surface area is 177 Å². The summed E-state index contributed by atoms with van der Waals surface area (Å²) < 4.78 is 5.45. The second kappa shape index (κ2) is 8.70. The zero-order valence-corrected chi connectivity index (χ0v) is 18.0. The van der Waals surface area contributed by atoms with E-state index >= 15 is 0 Å². The highest BCUT2D eigenvalue weighted by molar-refractivity contribution is 7.20. The number of hydrogen-bond acceptors (Lipinski definition) is 5. The van der Waals surface area contributed by atoms with Gasteiger partial charge in [0, 0.05) is 43.7 Å². The molecule has 1 aliphatic carbocycles. The van der Waals surface area contributed by atoms with E-state index < -0.39 is 0 Å². The molecule has 0 aromatic carbocycles. The summed E-state index contributed by atoms with van der Waals surface area (Å²) >= 11 is 1.59. The molecule has 2 aromatic heterocycles. The van der Waals surface area contributed by atoms with Crippen LogP contribution in [0.25, 0.3) is 10.2 Å². The molecule has 0 radical (unpaired) electrons. The van der Waals surface area contributed by atoms with E-state index in [2.05, 4.69) is 16.0 Å². The van der Waals surface area contributed by atoms with Crippen LogP contribution in [0.2, 0.25) is 0 Å². The Balaban J connectivity index is 1.39. The van der Waals surface area contributed by atoms with E-state index in [1.165, 1.54) is 49.6 Å². The highest BCUT2D eigenvalue weighted by Gasteiger charge is 2.33. The molecule has 2 aliphatic heterocycles. The summed E-state index contributed by atoms with van der Waals surface area (Å²) in [7, 11) is 0. The molecule has 0 N–H and O–H groups in total. The van der Waals surface area contributed by atoms with Crippen molar-refractivity contribution < 1.29 is 9.53 Å². The Kier molecular flexibility index (Phi) is 5.84. The van der Waals surface area contributed by atoms with Crippen molar-refractivity contribution in [2.24, 2.45) is 5.92 Å². The monoisotopic (exact) mass is 413 g/mol. The Morgan fingerprint density at radius 2 is 1.97 bits per heavy atom. The van der Waals surface area contributed by atoms with Crippen molar-refractivity contribution in [2.45, 2.75) is 44.4 Å². The van der Waals surface area contributed by atoms with Gasteiger partial charge in [-0.25, -0.2) is 4.98 Å². The van der Waals surface area contributed by atoms with Crippen LogP contribution in [0.5, 0.6) is 0 Å². The lowest BCUT2D eigenvalue weighted by atomic mass is 9.89. The first-order valence-electron chi connectivity index (χ1n) is 11.3. The van der Waals surface area contributed by atoms with Gasteiger partial charge in [-0.15, -0.1) is 11.3 Å². The summed E-state index contributed by atoms with van der Waals surface area (Å²) in [6.07, 6.45) is 10.0. The molecule has 5 rings (SSSR count). The number of likely N-dealkylation sites (tertiary alicyclic amines) is 1. The Morgan fingerprint density at radius 1 is 1.14 bits per heavy atom. The minimum Gasteiger partial charge on any atom is -0.378 e. The van der Waals surface area contributed by atoms with Crippen molar-refractivity contribution in [3.8, 4) is 0 Å². The van der Waals surface area contributed by atoms with Crippen LogP contribution in [0.1, 0.15) is 59.7 Å². The number of amides is 1. The van der Waals surface area contributed by atoms with Crippen LogP contribution in [0.3, 0.4) is 0 Å². The van der Waals surface area contributed by atoms with Crippen LogP contribution in [0.4, 0.5) is 0 Å². The molecule has 2 aromatic rings. The van der Waals surface area contributed by atoms with Gasteiger partial charge in [-0.3, -0.25) is 4.79 Å². The van der Waals surface area contributed by atoms with Crippen molar-refractivity contribution in [3.05, 3.63) is 28.8 Å². The van der Waals surface area contributed by atoms with E-state index in [1.807, 2.05) is 17.2 Å². The number of nitrogens with zero attached hydrogens (tertiary/aromatic N) is 3. The molecule has 4 heterocycles. The molecular weight excluding hydrogens is 382 g/mol. The summed E-state index contributed by atoms with van der Waals surface area (Å²) in [5.41, 5.74) is 1.26. The van der Waals surface area contributed by atoms with Gasteiger partial charge < -0.3 is 14.5 Å². The summed E-state index contributed by atoms with van der Waals surface area (Å²) in [6, 6.07) is 4.17. The average molecular weight is 414 g/mol. The molecule has 1 saturated carbocycles. The normalized spacial score (nSPS) is 24.4. The predicted octanol–water partition coefficient (Wildman–Crippen LogP) is 4.14. The largest absolute Gasteiger partial charge is 0.378 e. The van der Waals surface area contributed by atoms with E-state index in [-0.39, 0.29) is 5.91 Å². The molecule has 2 saturated heterocycles. The first kappa shape index (κ1) is 19.5. The maximum atomic E-state index is 13.4. The van der Waals surface area contributed by atoms with Gasteiger partial charge in [0.25, 0.3) is 5.91 Å². The summed E-state index contributed by atoms with van der Waals surface area (Å²) in [5.74, 6) is 1.49. The standard InChI is InChI=1S/C23H31N3O2S/c27-23(26-11-13-28-14-12-26)21-20(19-7-4-9-24-22(19)29-21)18-8-10-25(16-18)15-17-5-2-1-3-6-17/h4,7,9,17-18H,1-3,5-6,8,10-16H2/t18-/m0/s1. The minimum absolute atomic E-state index is 0.178. The van der Waals surface area contributed by atoms with E-state index in [0.29, 0.717) is 32.2 Å². The summed E-state index contributed by atoms with van der Waals surface area (Å²) in [6.45, 7) is 6.15. The van der Waals surface area contributed by atoms with Gasteiger partial charge in [0.1, 0.15) is 4.83 Å². The number of rotatable bonds is 4. The van der Waals surface area contributed by atoms with Crippen LogP contribution in [0, 0.1) is 5.92 Å². The van der Waals surface area contributed by atoms with Gasteiger partial charge in [-0.1, -0.05) is 25.3 Å². The van der Waals surface area contributed by atoms with E-state index in [4.69, 9.17) is 4.74 Å². The predicted molar refractivity (Wildman–Crippen MR) is 117 cm³/mol. The fraction of sp³-hybridized carbons (Fsp3) is 0.652. The van der Waals surface area contributed by atoms with Crippen molar-refractivity contribution in [1.29, 1.82) is 0 Å². The van der Waals surface area contributed by atoms with Crippen molar-refractivity contribution in [3.63, 3.8) is 0 Å². The van der Waals surface area contributed by atoms with Crippen LogP contribution in [-0.2, 0) is 4.74 Å². The van der Waals surface area contributed by atoms with Gasteiger partial charge in [0.05, 0.1) is 18.1 Å². The Morgan fingerprint density at radius 3 is 2.79 bits per heavy atom. The Bertz CT molecular complexity index is 855. The van der Waals surface area contributed by atoms with Crippen LogP contribution < -0.4 is 0 Å². The topological polar surface area (TPSA) is 45.7 Å². The summed E-state index contributed by atoms with van der Waals surface area (Å²) in [5, 5.41) is 1.19. The average Bonchev–Trinajstić information content (AvgIpc) is 3.38. The number of thiophene rings is 1. The number of morpholine rings is 1. The molecule has 0 bridgehead atoms.